The molecule has 0 aliphatic heterocycles. The van der Waals surface area contributed by atoms with E-state index in [0.717, 1.165) is 89.9 Å². The van der Waals surface area contributed by atoms with Crippen LogP contribution in [0.1, 0.15) is 117 Å². The van der Waals surface area contributed by atoms with Crippen LogP contribution in [0.4, 0.5) is 0 Å². The zero-order chi connectivity index (χ0) is 48.0. The van der Waals surface area contributed by atoms with Crippen molar-refractivity contribution in [3.8, 4) is 0 Å². The van der Waals surface area contributed by atoms with Crippen molar-refractivity contribution in [3.63, 3.8) is 0 Å². The van der Waals surface area contributed by atoms with Gasteiger partial charge in [0.2, 0.25) is 5.91 Å². The van der Waals surface area contributed by atoms with Crippen molar-refractivity contribution in [1.29, 1.82) is 0 Å². The van der Waals surface area contributed by atoms with E-state index >= 15 is 0 Å². The van der Waals surface area contributed by atoms with Crippen molar-refractivity contribution in [3.05, 3.63) is 122 Å². The van der Waals surface area contributed by atoms with E-state index in [9.17, 15) is 9.59 Å². The molecule has 0 aromatic carbocycles. The zero-order valence-corrected chi connectivity index (χ0v) is 41.1. The van der Waals surface area contributed by atoms with E-state index in [1.54, 1.807) is 14.2 Å². The van der Waals surface area contributed by atoms with Gasteiger partial charge in [0.1, 0.15) is 0 Å². The zero-order valence-electron chi connectivity index (χ0n) is 41.1. The number of carboxylic acids is 1. The summed E-state index contributed by atoms with van der Waals surface area (Å²) < 4.78 is 30.6. The molecule has 372 valence electrons. The molecule has 0 aromatic rings. The summed E-state index contributed by atoms with van der Waals surface area (Å²) in [6.45, 7) is 11.3. The molecule has 65 heavy (non-hydrogen) atoms. The van der Waals surface area contributed by atoms with Crippen molar-refractivity contribution in [1.82, 2.24) is 5.32 Å². The fourth-order valence-corrected chi connectivity index (χ4v) is 4.85. The normalized spacial score (nSPS) is 12.2. The second-order valence-electron chi connectivity index (χ2n) is 14.2. The summed E-state index contributed by atoms with van der Waals surface area (Å²) in [5.41, 5.74) is 5.21. The number of amides is 1. The molecule has 0 unspecified atom stereocenters. The Morgan fingerprint density at radius 1 is 0.431 bits per heavy atom. The summed E-state index contributed by atoms with van der Waals surface area (Å²) in [7, 11) is 3.29. The van der Waals surface area contributed by atoms with Crippen LogP contribution in [-0.2, 0) is 38.0 Å². The number of nitrogens with two attached hydrogens (primary N) is 1. The highest BCUT2D eigenvalue weighted by atomic mass is 16.5. The summed E-state index contributed by atoms with van der Waals surface area (Å²) in [5.74, 6) is -0.635. The summed E-state index contributed by atoms with van der Waals surface area (Å²) in [6, 6.07) is 0. The van der Waals surface area contributed by atoms with E-state index in [0.29, 0.717) is 85.6 Å². The van der Waals surface area contributed by atoms with Crippen LogP contribution >= 0.6 is 0 Å². The fraction of sp³-hybridized carbons (Fsp3) is 0.593. The number of unbranched alkanes of at least 4 members (excludes halogenated alkanes) is 2. The lowest BCUT2D eigenvalue weighted by Crippen LogP contribution is -2.27. The molecule has 4 N–H and O–H groups in total. The maximum absolute atomic E-state index is 11.8. The molecule has 11 heteroatoms. The second-order valence-corrected chi connectivity index (χ2v) is 14.2. The number of hydrogen-bond donors (Lipinski definition) is 3. The van der Waals surface area contributed by atoms with Gasteiger partial charge in [0, 0.05) is 40.2 Å². The number of aliphatic carboxylic acids is 1. The standard InChI is InChI=1S/C27H45NO4.C20H30O2.C7H17NO3/c1-3-4-5-6-7-8-9-10-11-12-13-14-15-16-17-18-19-20-27(29)28-21-22-31-25-26-32-24-23-30-2;1-2-3-4-5-6-7-8-9-10-11-12-13-14-15-16-17-18-19-20(21)22;1-9-4-5-11-7-6-10-3-2-8/h4-5,7-8,10-11,13-14,16-17H,3,6,9,12,15,18-26H2,1-2H3,(H,28,29);3-4,6-7,9-10,12-13,15-16H,2,5,8,11,14,17-19H2,1H3,(H,21,22);2-8H2,1H3/b5-4-,8-7-,11-10-,14-13-,17-16-;4-3-,7-6-,10-9-,13-12-,16-15-;. The molecule has 0 aliphatic rings. The maximum Gasteiger partial charge on any atom is 0.303 e. The lowest BCUT2D eigenvalue weighted by molar-refractivity contribution is -0.137. The van der Waals surface area contributed by atoms with Crippen LogP contribution in [0, 0.1) is 0 Å². The molecule has 0 rings (SSSR count). The van der Waals surface area contributed by atoms with Crippen molar-refractivity contribution in [2.24, 2.45) is 5.73 Å². The van der Waals surface area contributed by atoms with Crippen LogP contribution in [0.15, 0.2) is 122 Å². The first-order chi connectivity index (χ1) is 32.0. The van der Waals surface area contributed by atoms with Gasteiger partial charge in [-0.25, -0.2) is 0 Å². The van der Waals surface area contributed by atoms with Gasteiger partial charge in [-0.05, 0) is 89.9 Å². The Labute approximate surface area is 396 Å². The van der Waals surface area contributed by atoms with Crippen LogP contribution in [-0.4, -0.2) is 110 Å². The predicted molar refractivity (Wildman–Crippen MR) is 273 cm³/mol. The minimum absolute atomic E-state index is 0.0808. The van der Waals surface area contributed by atoms with Gasteiger partial charge in [0.05, 0.1) is 66.1 Å². The van der Waals surface area contributed by atoms with Crippen molar-refractivity contribution in [2.75, 3.05) is 93.4 Å². The number of carbonyl (C=O) groups is 2. The minimum Gasteiger partial charge on any atom is -0.481 e. The highest BCUT2D eigenvalue weighted by molar-refractivity contribution is 5.75. The molecule has 1 amide bonds. The molecule has 0 atom stereocenters. The SMILES string of the molecule is CC/C=C\C/C=C\C/C=C\C/C=C\C/C=C\CCCC(=O)NCCOCCOCCOC.CC/C=C\C/C=C\C/C=C\C/C=C\C/C=C\CCCC(=O)O.COCCOCCOCCN. The van der Waals surface area contributed by atoms with Gasteiger partial charge in [-0.15, -0.1) is 0 Å². The van der Waals surface area contributed by atoms with Crippen LogP contribution in [0.25, 0.3) is 0 Å². The third-order valence-corrected chi connectivity index (χ3v) is 8.29. The molecule has 0 saturated carbocycles. The van der Waals surface area contributed by atoms with E-state index in [4.69, 9.17) is 39.3 Å². The molecular weight excluding hydrogens is 821 g/mol. The summed E-state index contributed by atoms with van der Waals surface area (Å²) in [4.78, 5) is 22.1. The van der Waals surface area contributed by atoms with E-state index < -0.39 is 5.97 Å². The van der Waals surface area contributed by atoms with Crippen molar-refractivity contribution in [2.45, 2.75) is 117 Å². The number of rotatable bonds is 43. The van der Waals surface area contributed by atoms with Gasteiger partial charge in [-0.3, -0.25) is 9.59 Å². The number of allylic oxidation sites excluding steroid dienone is 20. The summed E-state index contributed by atoms with van der Waals surface area (Å²) in [6.07, 6.45) is 57.7. The average molecular weight is 913 g/mol. The number of hydrogen-bond acceptors (Lipinski definition) is 9. The number of carboxylic acid groups (broad SMARTS) is 1. The predicted octanol–water partition coefficient (Wildman–Crippen LogP) is 11.3. The van der Waals surface area contributed by atoms with E-state index in [1.807, 2.05) is 0 Å². The topological polar surface area (TPSA) is 148 Å². The third kappa shape index (κ3) is 71.9. The molecule has 0 bridgehead atoms. The Balaban J connectivity index is -0.00000100. The Kier molecular flexibility index (Phi) is 64.7. The first-order valence-corrected chi connectivity index (χ1v) is 24.0. The number of ether oxygens (including phenoxy) is 6. The Hall–Kier alpha value is -3.94. The molecule has 0 aliphatic carbocycles. The molecule has 0 heterocycles. The van der Waals surface area contributed by atoms with Crippen molar-refractivity contribution >= 4 is 11.9 Å². The largest absolute Gasteiger partial charge is 0.481 e. The maximum atomic E-state index is 11.8. The van der Waals surface area contributed by atoms with Gasteiger partial charge < -0.3 is 44.6 Å². The quantitative estimate of drug-likeness (QED) is 0.0399. The molecule has 0 spiro atoms. The number of nitrogens with one attached hydrogen (secondary N) is 1. The minimum atomic E-state index is -0.715. The monoisotopic (exact) mass is 913 g/mol. The summed E-state index contributed by atoms with van der Waals surface area (Å²) >= 11 is 0. The van der Waals surface area contributed by atoms with Gasteiger partial charge in [-0.1, -0.05) is 135 Å². The van der Waals surface area contributed by atoms with E-state index in [1.165, 1.54) is 0 Å². The molecule has 0 radical (unpaired) electrons. The lowest BCUT2D eigenvalue weighted by atomic mass is 10.2. The molecule has 0 aromatic heterocycles. The van der Waals surface area contributed by atoms with Gasteiger partial charge in [-0.2, -0.15) is 0 Å². The molecule has 11 nitrogen and oxygen atoms in total. The average Bonchev–Trinajstić information content (AvgIpc) is 3.30. The lowest BCUT2D eigenvalue weighted by Gasteiger charge is -2.07. The number of methoxy groups -OCH3 is 2. The molecule has 0 saturated heterocycles. The van der Waals surface area contributed by atoms with Crippen molar-refractivity contribution < 1.29 is 43.1 Å². The Morgan fingerprint density at radius 3 is 1.08 bits per heavy atom. The summed E-state index contributed by atoms with van der Waals surface area (Å²) in [5, 5.41) is 11.4. The first kappa shape index (κ1) is 65.3. The highest BCUT2D eigenvalue weighted by Gasteiger charge is 1.99. The first-order valence-electron chi connectivity index (χ1n) is 24.0. The smallest absolute Gasteiger partial charge is 0.303 e. The Bertz CT molecular complexity index is 1270. The van der Waals surface area contributed by atoms with Crippen LogP contribution in [0.3, 0.4) is 0 Å². The van der Waals surface area contributed by atoms with Crippen LogP contribution in [0.2, 0.25) is 0 Å². The molecule has 0 fully saturated rings. The number of carbonyl (C=O) groups excluding carboxylic acids is 1. The molecular formula is C54H92N2O9. The van der Waals surface area contributed by atoms with Crippen LogP contribution < -0.4 is 11.1 Å². The van der Waals surface area contributed by atoms with Gasteiger partial charge in [0.25, 0.3) is 0 Å². The fourth-order valence-electron chi connectivity index (χ4n) is 4.85. The third-order valence-electron chi connectivity index (χ3n) is 8.29. The van der Waals surface area contributed by atoms with E-state index in [-0.39, 0.29) is 12.3 Å². The Morgan fingerprint density at radius 2 is 0.738 bits per heavy atom. The van der Waals surface area contributed by atoms with Crippen LogP contribution in [0.5, 0.6) is 0 Å². The van der Waals surface area contributed by atoms with E-state index in [2.05, 4.69) is 141 Å². The van der Waals surface area contributed by atoms with Gasteiger partial charge in [0.15, 0.2) is 0 Å². The highest BCUT2D eigenvalue weighted by Crippen LogP contribution is 2.01. The second kappa shape index (κ2) is 64.3. The van der Waals surface area contributed by atoms with Gasteiger partial charge >= 0.3 is 5.97 Å².